The molecule has 3 rings (SSSR count). The van der Waals surface area contributed by atoms with Gasteiger partial charge in [-0.1, -0.05) is 36.4 Å². The molecule has 0 aliphatic carbocycles. The van der Waals surface area contributed by atoms with Gasteiger partial charge in [-0.15, -0.1) is 0 Å². The van der Waals surface area contributed by atoms with E-state index in [9.17, 15) is 0 Å². The quantitative estimate of drug-likeness (QED) is 0.531. The van der Waals surface area contributed by atoms with E-state index in [0.29, 0.717) is 0 Å². The third-order valence-corrected chi connectivity index (χ3v) is 2.63. The zero-order valence-electron chi connectivity index (χ0n) is 8.01. The fourth-order valence-electron chi connectivity index (χ4n) is 1.93. The predicted molar refractivity (Wildman–Crippen MR) is 60.6 cm³/mol. The summed E-state index contributed by atoms with van der Waals surface area (Å²) in [6, 6.07) is 13.8. The van der Waals surface area contributed by atoms with Gasteiger partial charge in [-0.3, -0.25) is 0 Å². The summed E-state index contributed by atoms with van der Waals surface area (Å²) >= 11 is 0. The molecule has 0 aromatic heterocycles. The Labute approximate surface area is 88.1 Å². The maximum Gasteiger partial charge on any atom is 0.0804 e. The van der Waals surface area contributed by atoms with Crippen molar-refractivity contribution in [1.82, 2.24) is 10.7 Å². The molecule has 15 heavy (non-hydrogen) atoms. The van der Waals surface area contributed by atoms with Crippen molar-refractivity contribution >= 4 is 17.6 Å². The molecule has 2 nitrogen and oxygen atoms in total. The van der Waals surface area contributed by atoms with E-state index >= 15 is 0 Å². The highest BCUT2D eigenvalue weighted by Crippen LogP contribution is 2.43. The average molecular weight is 192 g/mol. The molecule has 0 atom stereocenters. The highest BCUT2D eigenvalue weighted by Gasteiger charge is 2.20. The summed E-state index contributed by atoms with van der Waals surface area (Å²) in [6.45, 7) is 0. The van der Waals surface area contributed by atoms with E-state index in [2.05, 4.69) is 5.32 Å². The highest BCUT2D eigenvalue weighted by atomic mass is 14.9. The molecule has 2 aromatic rings. The van der Waals surface area contributed by atoms with Crippen molar-refractivity contribution in [2.24, 2.45) is 0 Å². The summed E-state index contributed by atoms with van der Waals surface area (Å²) in [4.78, 5) is 0. The van der Waals surface area contributed by atoms with Gasteiger partial charge in [0.25, 0.3) is 0 Å². The Bertz CT molecular complexity index is 544. The molecule has 2 radical (unpaired) electrons. The standard InChI is InChI=1S/C13H8N2/c14-8-9-4-3-6-11-10-5-1-2-7-12(10)15-13(9)11/h1-8H. The molecule has 0 saturated heterocycles. The Morgan fingerprint density at radius 2 is 1.73 bits per heavy atom. The van der Waals surface area contributed by atoms with Crippen molar-refractivity contribution in [3.63, 3.8) is 0 Å². The molecule has 0 fully saturated rings. The number of para-hydroxylation sites is 2. The van der Waals surface area contributed by atoms with Crippen LogP contribution in [0, 0.1) is 0 Å². The molecule has 1 aliphatic rings. The summed E-state index contributed by atoms with van der Waals surface area (Å²) in [5.74, 6) is 0. The molecule has 1 heterocycles. The second kappa shape index (κ2) is 2.95. The van der Waals surface area contributed by atoms with Gasteiger partial charge in [0.15, 0.2) is 0 Å². The van der Waals surface area contributed by atoms with Crippen molar-refractivity contribution < 1.29 is 0 Å². The van der Waals surface area contributed by atoms with Crippen LogP contribution in [0.4, 0.5) is 11.4 Å². The van der Waals surface area contributed by atoms with Crippen LogP contribution in [0.1, 0.15) is 5.56 Å². The second-order valence-electron chi connectivity index (χ2n) is 3.50. The molecule has 2 aromatic carbocycles. The lowest BCUT2D eigenvalue weighted by Crippen LogP contribution is -1.89. The van der Waals surface area contributed by atoms with Crippen LogP contribution in [0.2, 0.25) is 0 Å². The monoisotopic (exact) mass is 192 g/mol. The Kier molecular flexibility index (Phi) is 1.62. The summed E-state index contributed by atoms with van der Waals surface area (Å²) in [5.41, 5.74) is 4.83. The number of benzene rings is 2. The fraction of sp³-hybridized carbons (Fsp3) is 0. The minimum absolute atomic E-state index is 0.767. The SMILES string of the molecule is [N]=Cc1cccc2c1[N]c1ccccc1-2. The molecule has 0 saturated carbocycles. The van der Waals surface area contributed by atoms with Crippen LogP contribution in [-0.2, 0) is 0 Å². The van der Waals surface area contributed by atoms with E-state index in [0.717, 1.165) is 34.3 Å². The number of hydrogen-bond donors (Lipinski definition) is 0. The molecule has 0 spiro atoms. The van der Waals surface area contributed by atoms with Gasteiger partial charge in [-0.2, -0.15) is 5.41 Å². The van der Waals surface area contributed by atoms with E-state index in [4.69, 9.17) is 5.41 Å². The molecule has 0 amide bonds. The Balaban J connectivity index is 2.30. The van der Waals surface area contributed by atoms with Crippen molar-refractivity contribution in [3.05, 3.63) is 48.0 Å². The summed E-state index contributed by atoms with van der Waals surface area (Å²) in [5, 5.41) is 13.6. The first-order valence-electron chi connectivity index (χ1n) is 4.82. The first-order chi connectivity index (χ1) is 7.40. The van der Waals surface area contributed by atoms with E-state index < -0.39 is 0 Å². The number of rotatable bonds is 1. The lowest BCUT2D eigenvalue weighted by molar-refractivity contribution is 1.23. The Morgan fingerprint density at radius 3 is 2.60 bits per heavy atom. The van der Waals surface area contributed by atoms with Crippen molar-refractivity contribution in [1.29, 1.82) is 0 Å². The van der Waals surface area contributed by atoms with Gasteiger partial charge in [0.05, 0.1) is 17.6 Å². The first kappa shape index (κ1) is 8.24. The van der Waals surface area contributed by atoms with Gasteiger partial charge in [-0.25, -0.2) is 5.32 Å². The van der Waals surface area contributed by atoms with Gasteiger partial charge in [0.1, 0.15) is 0 Å². The normalized spacial score (nSPS) is 11.5. The van der Waals surface area contributed by atoms with E-state index in [1.807, 2.05) is 42.5 Å². The smallest absolute Gasteiger partial charge is 0.0804 e. The lowest BCUT2D eigenvalue weighted by atomic mass is 10.0. The second-order valence-corrected chi connectivity index (χ2v) is 3.50. The summed E-state index contributed by atoms with van der Waals surface area (Å²) in [7, 11) is 0. The topological polar surface area (TPSA) is 36.4 Å². The van der Waals surface area contributed by atoms with E-state index in [-0.39, 0.29) is 0 Å². The van der Waals surface area contributed by atoms with Crippen molar-refractivity contribution in [3.8, 4) is 11.1 Å². The highest BCUT2D eigenvalue weighted by molar-refractivity contribution is 5.99. The molecule has 1 aliphatic heterocycles. The number of nitrogens with zero attached hydrogens (tertiary/aromatic N) is 2. The Morgan fingerprint density at radius 1 is 0.933 bits per heavy atom. The van der Waals surface area contributed by atoms with Crippen LogP contribution < -0.4 is 10.7 Å². The zero-order chi connectivity index (χ0) is 10.3. The van der Waals surface area contributed by atoms with Crippen LogP contribution in [0.15, 0.2) is 42.5 Å². The van der Waals surface area contributed by atoms with Crippen LogP contribution in [0.3, 0.4) is 0 Å². The third kappa shape index (κ3) is 1.08. The maximum absolute atomic E-state index is 9.10. The number of hydrogen-bond acceptors (Lipinski definition) is 0. The molecular formula is C13H8N2. The third-order valence-electron chi connectivity index (χ3n) is 2.63. The summed E-state index contributed by atoms with van der Waals surface area (Å²) < 4.78 is 0. The molecule has 0 bridgehead atoms. The van der Waals surface area contributed by atoms with Crippen LogP contribution in [-0.4, -0.2) is 6.21 Å². The largest absolute Gasteiger partial charge is 0.247 e. The fourth-order valence-corrected chi connectivity index (χ4v) is 1.93. The molecular weight excluding hydrogens is 184 g/mol. The maximum atomic E-state index is 9.10. The first-order valence-corrected chi connectivity index (χ1v) is 4.82. The van der Waals surface area contributed by atoms with E-state index in [1.165, 1.54) is 0 Å². The minimum atomic E-state index is 0.767. The zero-order valence-corrected chi connectivity index (χ0v) is 8.01. The molecule has 0 N–H and O–H groups in total. The number of fused-ring (bicyclic) bond motifs is 3. The minimum Gasteiger partial charge on any atom is -0.247 e. The average Bonchev–Trinajstić information content (AvgIpc) is 2.67. The molecule has 70 valence electrons. The Hall–Kier alpha value is -2.09. The van der Waals surface area contributed by atoms with Crippen LogP contribution in [0.5, 0.6) is 0 Å². The lowest BCUT2D eigenvalue weighted by Gasteiger charge is -2.00. The van der Waals surface area contributed by atoms with Crippen LogP contribution in [0.25, 0.3) is 11.1 Å². The molecule has 0 unspecified atom stereocenters. The van der Waals surface area contributed by atoms with Gasteiger partial charge in [-0.05, 0) is 6.07 Å². The summed E-state index contributed by atoms with van der Waals surface area (Å²) in [6.07, 6.45) is 1.11. The van der Waals surface area contributed by atoms with Gasteiger partial charge < -0.3 is 0 Å². The van der Waals surface area contributed by atoms with Gasteiger partial charge in [0, 0.05) is 16.7 Å². The van der Waals surface area contributed by atoms with Crippen LogP contribution >= 0.6 is 0 Å². The van der Waals surface area contributed by atoms with Gasteiger partial charge in [0.2, 0.25) is 0 Å². The predicted octanol–water partition coefficient (Wildman–Crippen LogP) is 2.45. The van der Waals surface area contributed by atoms with Crippen molar-refractivity contribution in [2.45, 2.75) is 0 Å². The van der Waals surface area contributed by atoms with Gasteiger partial charge >= 0.3 is 0 Å². The molecule has 2 heteroatoms. The van der Waals surface area contributed by atoms with E-state index in [1.54, 1.807) is 0 Å². The van der Waals surface area contributed by atoms with Crippen molar-refractivity contribution in [2.75, 3.05) is 0 Å².